The van der Waals surface area contributed by atoms with Gasteiger partial charge in [-0.1, -0.05) is 0 Å². The first-order chi connectivity index (χ1) is 9.74. The van der Waals surface area contributed by atoms with E-state index in [1.54, 1.807) is 23.7 Å². The van der Waals surface area contributed by atoms with Crippen LogP contribution >= 0.6 is 11.3 Å². The number of aromatic carboxylic acids is 1. The molecule has 0 spiro atoms. The second-order valence-electron chi connectivity index (χ2n) is 4.36. The van der Waals surface area contributed by atoms with Gasteiger partial charge in [-0.15, -0.1) is 11.3 Å². The number of carboxylic acid groups (broad SMARTS) is 1. The third-order valence-electron chi connectivity index (χ3n) is 3.13. The van der Waals surface area contributed by atoms with Gasteiger partial charge in [-0.3, -0.25) is 4.98 Å². The Balaban J connectivity index is 1.69. The summed E-state index contributed by atoms with van der Waals surface area (Å²) in [6.07, 6.45) is 4.66. The van der Waals surface area contributed by atoms with Crippen LogP contribution in [0, 0.1) is 0 Å². The van der Waals surface area contributed by atoms with Crippen LogP contribution in [0.15, 0.2) is 24.0 Å². The fraction of sp³-hybridized carbons (Fsp3) is 0.333. The second kappa shape index (κ2) is 5.41. The van der Waals surface area contributed by atoms with Crippen LogP contribution < -0.4 is 9.80 Å². The molecule has 1 fully saturated rings. The molecule has 1 N–H and O–H groups in total. The summed E-state index contributed by atoms with van der Waals surface area (Å²) in [7, 11) is 0. The molecule has 1 aliphatic rings. The number of aromatic nitrogens is 3. The van der Waals surface area contributed by atoms with E-state index in [1.165, 1.54) is 6.20 Å². The molecular weight excluding hydrogens is 278 g/mol. The topological polar surface area (TPSA) is 82.5 Å². The standard InChI is InChI=1S/C12H13N5O2S/c18-11(19)9-7-13-8-10(15-9)16-2-4-17(5-3-16)12-14-1-6-20-12/h1,6-8H,2-5H2,(H,18,19). The zero-order valence-electron chi connectivity index (χ0n) is 10.6. The van der Waals surface area contributed by atoms with Crippen molar-refractivity contribution in [2.24, 2.45) is 0 Å². The number of hydrogen-bond donors (Lipinski definition) is 1. The summed E-state index contributed by atoms with van der Waals surface area (Å²) in [4.78, 5) is 27.5. The molecule has 0 bridgehead atoms. The van der Waals surface area contributed by atoms with E-state index in [4.69, 9.17) is 5.11 Å². The predicted molar refractivity (Wildman–Crippen MR) is 75.5 cm³/mol. The lowest BCUT2D eigenvalue weighted by Crippen LogP contribution is -2.46. The minimum absolute atomic E-state index is 0.0233. The number of rotatable bonds is 3. The molecule has 3 rings (SSSR count). The number of thiazole rings is 1. The molecule has 8 heteroatoms. The summed E-state index contributed by atoms with van der Waals surface area (Å²) < 4.78 is 0. The summed E-state index contributed by atoms with van der Waals surface area (Å²) in [6.45, 7) is 3.23. The number of carbonyl (C=O) groups is 1. The summed E-state index contributed by atoms with van der Waals surface area (Å²) >= 11 is 1.62. The Labute approximate surface area is 119 Å². The van der Waals surface area contributed by atoms with Crippen molar-refractivity contribution < 1.29 is 9.90 Å². The molecule has 3 heterocycles. The first kappa shape index (κ1) is 12.8. The van der Waals surface area contributed by atoms with Gasteiger partial charge >= 0.3 is 5.97 Å². The lowest BCUT2D eigenvalue weighted by molar-refractivity contribution is 0.0690. The van der Waals surface area contributed by atoms with Crippen LogP contribution in [-0.4, -0.2) is 52.2 Å². The van der Waals surface area contributed by atoms with Crippen LogP contribution in [0.1, 0.15) is 10.5 Å². The van der Waals surface area contributed by atoms with Crippen molar-refractivity contribution in [3.63, 3.8) is 0 Å². The van der Waals surface area contributed by atoms with Crippen LogP contribution in [0.3, 0.4) is 0 Å². The average molecular weight is 291 g/mol. The maximum atomic E-state index is 10.9. The maximum Gasteiger partial charge on any atom is 0.356 e. The van der Waals surface area contributed by atoms with E-state index in [-0.39, 0.29) is 5.69 Å². The highest BCUT2D eigenvalue weighted by atomic mass is 32.1. The molecule has 0 aromatic carbocycles. The van der Waals surface area contributed by atoms with Crippen molar-refractivity contribution in [2.45, 2.75) is 0 Å². The Morgan fingerprint density at radius 3 is 2.60 bits per heavy atom. The molecule has 0 radical (unpaired) electrons. The van der Waals surface area contributed by atoms with Crippen molar-refractivity contribution in [1.29, 1.82) is 0 Å². The van der Waals surface area contributed by atoms with Crippen LogP contribution in [0.5, 0.6) is 0 Å². The highest BCUT2D eigenvalue weighted by Crippen LogP contribution is 2.20. The van der Waals surface area contributed by atoms with Gasteiger partial charge in [0.15, 0.2) is 10.8 Å². The first-order valence-corrected chi connectivity index (χ1v) is 7.07. The number of nitrogens with zero attached hydrogens (tertiary/aromatic N) is 5. The lowest BCUT2D eigenvalue weighted by atomic mass is 10.3. The Bertz CT molecular complexity index is 596. The molecule has 0 amide bonds. The van der Waals surface area contributed by atoms with Gasteiger partial charge in [0.25, 0.3) is 0 Å². The van der Waals surface area contributed by atoms with Gasteiger partial charge in [0.1, 0.15) is 5.82 Å². The van der Waals surface area contributed by atoms with E-state index in [0.29, 0.717) is 5.82 Å². The smallest absolute Gasteiger partial charge is 0.356 e. The van der Waals surface area contributed by atoms with Crippen molar-refractivity contribution in [3.8, 4) is 0 Å². The molecule has 0 aliphatic carbocycles. The largest absolute Gasteiger partial charge is 0.476 e. The van der Waals surface area contributed by atoms with Crippen LogP contribution in [0.4, 0.5) is 10.9 Å². The number of anilines is 2. The Kier molecular flexibility index (Phi) is 3.46. The van der Waals surface area contributed by atoms with Gasteiger partial charge in [-0.25, -0.2) is 14.8 Å². The van der Waals surface area contributed by atoms with Crippen molar-refractivity contribution in [3.05, 3.63) is 29.7 Å². The monoisotopic (exact) mass is 291 g/mol. The maximum absolute atomic E-state index is 10.9. The van der Waals surface area contributed by atoms with E-state index >= 15 is 0 Å². The third kappa shape index (κ3) is 2.55. The normalized spacial score (nSPS) is 15.4. The molecule has 0 saturated carbocycles. The minimum atomic E-state index is -1.05. The van der Waals surface area contributed by atoms with E-state index in [2.05, 4.69) is 19.9 Å². The lowest BCUT2D eigenvalue weighted by Gasteiger charge is -2.35. The van der Waals surface area contributed by atoms with E-state index < -0.39 is 5.97 Å². The third-order valence-corrected chi connectivity index (χ3v) is 3.97. The molecule has 2 aromatic heterocycles. The van der Waals surface area contributed by atoms with Crippen molar-refractivity contribution >= 4 is 28.3 Å². The molecular formula is C12H13N5O2S. The summed E-state index contributed by atoms with van der Waals surface area (Å²) in [5, 5.41) is 11.9. The Hall–Kier alpha value is -2.22. The van der Waals surface area contributed by atoms with Gasteiger partial charge in [0, 0.05) is 37.8 Å². The zero-order valence-corrected chi connectivity index (χ0v) is 11.5. The number of hydrogen-bond acceptors (Lipinski definition) is 7. The molecule has 1 saturated heterocycles. The Morgan fingerprint density at radius 1 is 1.20 bits per heavy atom. The van der Waals surface area contributed by atoms with Gasteiger partial charge in [-0.05, 0) is 0 Å². The van der Waals surface area contributed by atoms with Crippen LogP contribution in [0.25, 0.3) is 0 Å². The van der Waals surface area contributed by atoms with Crippen molar-refractivity contribution in [2.75, 3.05) is 36.0 Å². The predicted octanol–water partition coefficient (Wildman–Crippen LogP) is 0.958. The highest BCUT2D eigenvalue weighted by Gasteiger charge is 2.20. The van der Waals surface area contributed by atoms with E-state index in [1.807, 2.05) is 10.3 Å². The molecule has 2 aromatic rings. The van der Waals surface area contributed by atoms with E-state index in [0.717, 1.165) is 31.3 Å². The number of piperazine rings is 1. The first-order valence-electron chi connectivity index (χ1n) is 6.19. The summed E-state index contributed by atoms with van der Waals surface area (Å²) in [5.74, 6) is -0.440. The molecule has 7 nitrogen and oxygen atoms in total. The van der Waals surface area contributed by atoms with Crippen LogP contribution in [-0.2, 0) is 0 Å². The fourth-order valence-electron chi connectivity index (χ4n) is 2.11. The fourth-order valence-corrected chi connectivity index (χ4v) is 2.81. The average Bonchev–Trinajstić information content (AvgIpc) is 3.02. The minimum Gasteiger partial charge on any atom is -0.476 e. The Morgan fingerprint density at radius 2 is 1.95 bits per heavy atom. The van der Waals surface area contributed by atoms with Crippen LogP contribution in [0.2, 0.25) is 0 Å². The highest BCUT2D eigenvalue weighted by molar-refractivity contribution is 7.13. The van der Waals surface area contributed by atoms with E-state index in [9.17, 15) is 4.79 Å². The second-order valence-corrected chi connectivity index (χ2v) is 5.23. The summed E-state index contributed by atoms with van der Waals surface area (Å²) in [6, 6.07) is 0. The van der Waals surface area contributed by atoms with Gasteiger partial charge in [0.2, 0.25) is 0 Å². The molecule has 0 atom stereocenters. The number of carboxylic acids is 1. The van der Waals surface area contributed by atoms with Gasteiger partial charge in [0.05, 0.1) is 12.4 Å². The molecule has 1 aliphatic heterocycles. The zero-order chi connectivity index (χ0) is 13.9. The quantitative estimate of drug-likeness (QED) is 0.901. The SMILES string of the molecule is O=C(O)c1cncc(N2CCN(c3nccs3)CC2)n1. The summed E-state index contributed by atoms with van der Waals surface area (Å²) in [5.41, 5.74) is -0.0233. The van der Waals surface area contributed by atoms with Crippen molar-refractivity contribution in [1.82, 2.24) is 15.0 Å². The van der Waals surface area contributed by atoms with Gasteiger partial charge < -0.3 is 14.9 Å². The molecule has 0 unspecified atom stereocenters. The molecule has 104 valence electrons. The van der Waals surface area contributed by atoms with Gasteiger partial charge in [-0.2, -0.15) is 0 Å². The molecule has 20 heavy (non-hydrogen) atoms.